The van der Waals surface area contributed by atoms with Gasteiger partial charge in [-0.15, -0.1) is 0 Å². The van der Waals surface area contributed by atoms with Crippen LogP contribution in [0.1, 0.15) is 15.9 Å². The first-order valence-electron chi connectivity index (χ1n) is 6.47. The van der Waals surface area contributed by atoms with E-state index >= 15 is 0 Å². The number of nitro benzene ring substituents is 1. The van der Waals surface area contributed by atoms with Crippen molar-refractivity contribution < 1.29 is 23.2 Å². The second-order valence-electron chi connectivity index (χ2n) is 4.58. The van der Waals surface area contributed by atoms with Crippen molar-refractivity contribution in [2.75, 3.05) is 12.4 Å². The number of anilines is 1. The van der Waals surface area contributed by atoms with E-state index in [0.29, 0.717) is 11.6 Å². The van der Waals surface area contributed by atoms with Gasteiger partial charge in [0.2, 0.25) is 0 Å². The third kappa shape index (κ3) is 3.79. The van der Waals surface area contributed by atoms with Crippen molar-refractivity contribution in [1.29, 1.82) is 0 Å². The first-order chi connectivity index (χ1) is 10.9. The summed E-state index contributed by atoms with van der Waals surface area (Å²) in [4.78, 5) is 21.6. The van der Waals surface area contributed by atoms with Gasteiger partial charge >= 0.3 is 5.97 Å². The smallest absolute Gasteiger partial charge is 0.340 e. The maximum absolute atomic E-state index is 13.7. The molecule has 2 aromatic carbocycles. The highest BCUT2D eigenvalue weighted by Crippen LogP contribution is 2.21. The van der Waals surface area contributed by atoms with Crippen LogP contribution in [0.4, 0.5) is 20.2 Å². The lowest BCUT2D eigenvalue weighted by atomic mass is 10.1. The van der Waals surface area contributed by atoms with Crippen LogP contribution in [0.3, 0.4) is 0 Å². The SMILES string of the molecule is COC(=O)c1cc(NCc2cccc([N+](=O)[O-])c2)c(F)cc1F. The minimum absolute atomic E-state index is 0.0604. The molecule has 0 saturated heterocycles. The molecule has 120 valence electrons. The molecule has 23 heavy (non-hydrogen) atoms. The molecular weight excluding hydrogens is 310 g/mol. The molecule has 2 aromatic rings. The molecule has 0 radical (unpaired) electrons. The molecule has 0 aliphatic heterocycles. The number of carbonyl (C=O) groups is 1. The molecule has 0 aliphatic rings. The highest BCUT2D eigenvalue weighted by Gasteiger charge is 2.16. The summed E-state index contributed by atoms with van der Waals surface area (Å²) < 4.78 is 31.7. The van der Waals surface area contributed by atoms with Gasteiger partial charge in [0.15, 0.2) is 0 Å². The predicted octanol–water partition coefficient (Wildman–Crippen LogP) is 3.27. The number of carbonyl (C=O) groups excluding carboxylic acids is 1. The Labute approximate surface area is 129 Å². The van der Waals surface area contributed by atoms with Gasteiger partial charge < -0.3 is 10.1 Å². The summed E-state index contributed by atoms with van der Waals surface area (Å²) in [7, 11) is 1.08. The molecule has 1 N–H and O–H groups in total. The van der Waals surface area contributed by atoms with Crippen molar-refractivity contribution >= 4 is 17.3 Å². The van der Waals surface area contributed by atoms with Crippen molar-refractivity contribution in [3.8, 4) is 0 Å². The largest absolute Gasteiger partial charge is 0.465 e. The van der Waals surface area contributed by atoms with Crippen molar-refractivity contribution in [2.45, 2.75) is 6.54 Å². The molecule has 0 aliphatic carbocycles. The number of non-ortho nitro benzene ring substituents is 1. The van der Waals surface area contributed by atoms with Crippen molar-refractivity contribution in [1.82, 2.24) is 0 Å². The van der Waals surface area contributed by atoms with Crippen LogP contribution in [0.5, 0.6) is 0 Å². The second-order valence-corrected chi connectivity index (χ2v) is 4.58. The number of ether oxygens (including phenoxy) is 1. The first-order valence-corrected chi connectivity index (χ1v) is 6.47. The molecule has 0 bridgehead atoms. The van der Waals surface area contributed by atoms with E-state index in [1.807, 2.05) is 0 Å². The standard InChI is InChI=1S/C15H12F2N2O4/c1-23-15(20)11-6-14(13(17)7-12(11)16)18-8-9-3-2-4-10(5-9)19(21)22/h2-7,18H,8H2,1H3. The fourth-order valence-electron chi connectivity index (χ4n) is 1.93. The molecule has 6 nitrogen and oxygen atoms in total. The third-order valence-corrected chi connectivity index (χ3v) is 3.07. The van der Waals surface area contributed by atoms with E-state index in [1.54, 1.807) is 6.07 Å². The number of nitro groups is 1. The van der Waals surface area contributed by atoms with Crippen LogP contribution in [-0.4, -0.2) is 18.0 Å². The molecule has 0 heterocycles. The normalized spacial score (nSPS) is 10.2. The Balaban J connectivity index is 2.22. The number of nitrogens with zero attached hydrogens (tertiary/aromatic N) is 1. The Kier molecular flexibility index (Phi) is 4.85. The monoisotopic (exact) mass is 322 g/mol. The average Bonchev–Trinajstić information content (AvgIpc) is 2.53. The molecular formula is C15H12F2N2O4. The second kappa shape index (κ2) is 6.82. The zero-order valence-electron chi connectivity index (χ0n) is 12.0. The Bertz CT molecular complexity index is 765. The summed E-state index contributed by atoms with van der Waals surface area (Å²) in [5, 5.41) is 13.4. The van der Waals surface area contributed by atoms with Gasteiger partial charge in [0.25, 0.3) is 5.69 Å². The van der Waals surface area contributed by atoms with Crippen LogP contribution < -0.4 is 5.32 Å². The number of rotatable bonds is 5. The Hall–Kier alpha value is -3.03. The predicted molar refractivity (Wildman–Crippen MR) is 78.1 cm³/mol. The van der Waals surface area contributed by atoms with Gasteiger partial charge in [-0.1, -0.05) is 12.1 Å². The topological polar surface area (TPSA) is 81.5 Å². The Morgan fingerprint density at radius 3 is 2.65 bits per heavy atom. The molecule has 0 atom stereocenters. The van der Waals surface area contributed by atoms with Gasteiger partial charge in [-0.25, -0.2) is 13.6 Å². The fourth-order valence-corrected chi connectivity index (χ4v) is 1.93. The molecule has 0 amide bonds. The van der Waals surface area contributed by atoms with Gasteiger partial charge in [-0.05, 0) is 11.6 Å². The lowest BCUT2D eigenvalue weighted by Gasteiger charge is -2.10. The summed E-state index contributed by atoms with van der Waals surface area (Å²) in [6.45, 7) is 0.0604. The maximum Gasteiger partial charge on any atom is 0.340 e. The molecule has 8 heteroatoms. The minimum Gasteiger partial charge on any atom is -0.465 e. The zero-order chi connectivity index (χ0) is 17.0. The number of esters is 1. The zero-order valence-corrected chi connectivity index (χ0v) is 12.0. The van der Waals surface area contributed by atoms with Gasteiger partial charge in [-0.3, -0.25) is 10.1 Å². The Morgan fingerprint density at radius 2 is 2.00 bits per heavy atom. The van der Waals surface area contributed by atoms with E-state index in [9.17, 15) is 23.7 Å². The number of halogens is 2. The summed E-state index contributed by atoms with van der Waals surface area (Å²) in [6, 6.07) is 7.33. The summed E-state index contributed by atoms with van der Waals surface area (Å²) in [6.07, 6.45) is 0. The van der Waals surface area contributed by atoms with Crippen molar-refractivity contribution in [3.63, 3.8) is 0 Å². The summed E-state index contributed by atoms with van der Waals surface area (Å²) in [5.74, 6) is -2.85. The Morgan fingerprint density at radius 1 is 1.26 bits per heavy atom. The number of hydrogen-bond acceptors (Lipinski definition) is 5. The molecule has 0 fully saturated rings. The molecule has 0 aromatic heterocycles. The summed E-state index contributed by atoms with van der Waals surface area (Å²) in [5.41, 5.74) is -0.0876. The van der Waals surface area contributed by atoms with E-state index in [1.165, 1.54) is 18.2 Å². The van der Waals surface area contributed by atoms with Gasteiger partial charge in [0.1, 0.15) is 11.6 Å². The van der Waals surface area contributed by atoms with Gasteiger partial charge in [0.05, 0.1) is 23.3 Å². The van der Waals surface area contributed by atoms with Crippen LogP contribution >= 0.6 is 0 Å². The van der Waals surface area contributed by atoms with E-state index in [2.05, 4.69) is 10.1 Å². The van der Waals surface area contributed by atoms with Crippen LogP contribution in [0.15, 0.2) is 36.4 Å². The number of benzene rings is 2. The summed E-state index contributed by atoms with van der Waals surface area (Å²) >= 11 is 0. The van der Waals surface area contributed by atoms with E-state index < -0.39 is 28.1 Å². The van der Waals surface area contributed by atoms with E-state index in [-0.39, 0.29) is 17.9 Å². The molecule has 2 rings (SSSR count). The van der Waals surface area contributed by atoms with Crippen LogP contribution in [0, 0.1) is 21.7 Å². The van der Waals surface area contributed by atoms with Crippen LogP contribution in [-0.2, 0) is 11.3 Å². The first kappa shape index (κ1) is 16.3. The highest BCUT2D eigenvalue weighted by molar-refractivity contribution is 5.90. The lowest BCUT2D eigenvalue weighted by molar-refractivity contribution is -0.384. The highest BCUT2D eigenvalue weighted by atomic mass is 19.1. The average molecular weight is 322 g/mol. The molecule has 0 unspecified atom stereocenters. The fraction of sp³-hybridized carbons (Fsp3) is 0.133. The van der Waals surface area contributed by atoms with E-state index in [0.717, 1.165) is 13.2 Å². The molecule has 0 spiro atoms. The van der Waals surface area contributed by atoms with Crippen molar-refractivity contribution in [2.24, 2.45) is 0 Å². The van der Waals surface area contributed by atoms with Crippen LogP contribution in [0.2, 0.25) is 0 Å². The number of hydrogen-bond donors (Lipinski definition) is 1. The quantitative estimate of drug-likeness (QED) is 0.519. The minimum atomic E-state index is -1.03. The van der Waals surface area contributed by atoms with Gasteiger partial charge in [-0.2, -0.15) is 0 Å². The van der Waals surface area contributed by atoms with Crippen molar-refractivity contribution in [3.05, 3.63) is 69.3 Å². The number of methoxy groups -OCH3 is 1. The third-order valence-electron chi connectivity index (χ3n) is 3.07. The van der Waals surface area contributed by atoms with Gasteiger partial charge in [0, 0.05) is 24.7 Å². The van der Waals surface area contributed by atoms with Crippen LogP contribution in [0.25, 0.3) is 0 Å². The number of nitrogens with one attached hydrogen (secondary N) is 1. The molecule has 0 saturated carbocycles. The maximum atomic E-state index is 13.7. The van der Waals surface area contributed by atoms with E-state index in [4.69, 9.17) is 0 Å². The lowest BCUT2D eigenvalue weighted by Crippen LogP contribution is -2.08.